The first-order valence-electron chi connectivity index (χ1n) is 6.11. The Morgan fingerprint density at radius 3 is 2.63 bits per heavy atom. The molecule has 0 aromatic carbocycles. The highest BCUT2D eigenvalue weighted by Gasteiger charge is 2.45. The van der Waals surface area contributed by atoms with Crippen molar-refractivity contribution in [3.63, 3.8) is 0 Å². The van der Waals surface area contributed by atoms with Gasteiger partial charge in [0.2, 0.25) is 0 Å². The first-order chi connectivity index (χ1) is 8.67. The van der Waals surface area contributed by atoms with Crippen molar-refractivity contribution in [2.24, 2.45) is 0 Å². The second kappa shape index (κ2) is 5.07. The summed E-state index contributed by atoms with van der Waals surface area (Å²) in [7, 11) is 0. The highest BCUT2D eigenvalue weighted by molar-refractivity contribution is 9.11. The van der Waals surface area contributed by atoms with Crippen molar-refractivity contribution in [2.45, 2.75) is 38.4 Å². The van der Waals surface area contributed by atoms with Gasteiger partial charge in [0.25, 0.3) is 0 Å². The number of nitrogens with zero attached hydrogens (tertiary/aromatic N) is 1. The summed E-state index contributed by atoms with van der Waals surface area (Å²) in [6.45, 7) is 6.16. The van der Waals surface area contributed by atoms with Crippen LogP contribution in [0.2, 0.25) is 0 Å². The van der Waals surface area contributed by atoms with Crippen LogP contribution in [0, 0.1) is 0 Å². The summed E-state index contributed by atoms with van der Waals surface area (Å²) in [6.07, 6.45) is 0.215. The van der Waals surface area contributed by atoms with Gasteiger partial charge in [-0.3, -0.25) is 0 Å². The van der Waals surface area contributed by atoms with E-state index in [1.165, 1.54) is 4.90 Å². The molecule has 0 spiro atoms. The van der Waals surface area contributed by atoms with Crippen LogP contribution in [-0.2, 0) is 11.2 Å². The van der Waals surface area contributed by atoms with E-state index in [0.29, 0.717) is 19.5 Å². The molecule has 1 fully saturated rings. The number of β-amino-alcohol motifs (C(OH)–C–C–N with tert-alkyl or cyclic N) is 1. The standard InChI is InChI=1S/C13H18BrNO3S/c1-12(2,3)18-11(16)15-7-13(17,8-15)6-9-4-5-10(14)19-9/h4-5,17H,6-8H2,1-3H3. The van der Waals surface area contributed by atoms with Crippen molar-refractivity contribution >= 4 is 33.4 Å². The zero-order valence-electron chi connectivity index (χ0n) is 11.3. The molecule has 1 aromatic heterocycles. The quantitative estimate of drug-likeness (QED) is 0.894. The first-order valence-corrected chi connectivity index (χ1v) is 7.72. The van der Waals surface area contributed by atoms with Crippen molar-refractivity contribution in [3.05, 3.63) is 20.8 Å². The van der Waals surface area contributed by atoms with Gasteiger partial charge in [-0.25, -0.2) is 4.79 Å². The number of hydrogen-bond donors (Lipinski definition) is 1. The number of amides is 1. The van der Waals surface area contributed by atoms with Gasteiger partial charge in [0.15, 0.2) is 0 Å². The van der Waals surface area contributed by atoms with E-state index < -0.39 is 11.2 Å². The second-order valence-electron chi connectivity index (χ2n) is 5.94. The summed E-state index contributed by atoms with van der Waals surface area (Å²) < 4.78 is 6.31. The van der Waals surface area contributed by atoms with Crippen LogP contribution in [0.25, 0.3) is 0 Å². The maximum Gasteiger partial charge on any atom is 0.410 e. The van der Waals surface area contributed by atoms with Crippen molar-refractivity contribution in [1.29, 1.82) is 0 Å². The van der Waals surface area contributed by atoms with Crippen molar-refractivity contribution in [1.82, 2.24) is 4.90 Å². The Kier molecular flexibility index (Phi) is 3.95. The number of thiophene rings is 1. The van der Waals surface area contributed by atoms with E-state index in [1.54, 1.807) is 11.3 Å². The average molecular weight is 348 g/mol. The smallest absolute Gasteiger partial charge is 0.410 e. The highest BCUT2D eigenvalue weighted by atomic mass is 79.9. The van der Waals surface area contributed by atoms with Crippen LogP contribution < -0.4 is 0 Å². The zero-order chi connectivity index (χ0) is 14.3. The number of carbonyl (C=O) groups excluding carboxylic acids is 1. The molecule has 1 amide bonds. The second-order valence-corrected chi connectivity index (χ2v) is 8.49. The average Bonchev–Trinajstić information content (AvgIpc) is 2.57. The molecule has 1 aromatic rings. The molecule has 1 N–H and O–H groups in total. The molecule has 0 bridgehead atoms. The normalized spacial score (nSPS) is 18.1. The fourth-order valence-electron chi connectivity index (χ4n) is 2.00. The number of aliphatic hydroxyl groups is 1. The zero-order valence-corrected chi connectivity index (χ0v) is 13.7. The fourth-order valence-corrected chi connectivity index (χ4v) is 3.62. The van der Waals surface area contributed by atoms with Gasteiger partial charge in [-0.1, -0.05) is 0 Å². The van der Waals surface area contributed by atoms with Crippen LogP contribution in [0.15, 0.2) is 15.9 Å². The first kappa shape index (κ1) is 14.8. The molecule has 6 heteroatoms. The van der Waals surface area contributed by atoms with E-state index in [2.05, 4.69) is 15.9 Å². The van der Waals surface area contributed by atoms with E-state index in [0.717, 1.165) is 8.66 Å². The van der Waals surface area contributed by atoms with E-state index >= 15 is 0 Å². The van der Waals surface area contributed by atoms with E-state index in [-0.39, 0.29) is 6.09 Å². The Bertz CT molecular complexity index is 474. The van der Waals surface area contributed by atoms with E-state index in [1.807, 2.05) is 32.9 Å². The molecule has 1 saturated heterocycles. The number of ether oxygens (including phenoxy) is 1. The summed E-state index contributed by atoms with van der Waals surface area (Å²) in [6, 6.07) is 3.95. The molecule has 0 saturated carbocycles. The molecule has 2 rings (SSSR count). The third-order valence-electron chi connectivity index (χ3n) is 2.75. The minimum Gasteiger partial charge on any atom is -0.444 e. The lowest BCUT2D eigenvalue weighted by atomic mass is 9.90. The van der Waals surface area contributed by atoms with Gasteiger partial charge in [-0.2, -0.15) is 0 Å². The Hall–Kier alpha value is -0.590. The maximum absolute atomic E-state index is 11.8. The molecule has 0 radical (unpaired) electrons. The van der Waals surface area contributed by atoms with Crippen LogP contribution in [0.4, 0.5) is 4.79 Å². The minimum absolute atomic E-state index is 0.331. The largest absolute Gasteiger partial charge is 0.444 e. The molecular formula is C13H18BrNO3S. The number of carbonyl (C=O) groups is 1. The predicted molar refractivity (Wildman–Crippen MR) is 78.5 cm³/mol. The van der Waals surface area contributed by atoms with Gasteiger partial charge in [-0.15, -0.1) is 11.3 Å². The third-order valence-corrected chi connectivity index (χ3v) is 4.38. The summed E-state index contributed by atoms with van der Waals surface area (Å²) in [5, 5.41) is 10.3. The van der Waals surface area contributed by atoms with Gasteiger partial charge < -0.3 is 14.7 Å². The van der Waals surface area contributed by atoms with Crippen LogP contribution in [-0.4, -0.2) is 40.4 Å². The third kappa shape index (κ3) is 3.94. The molecule has 0 aliphatic carbocycles. The van der Waals surface area contributed by atoms with Gasteiger partial charge in [0.1, 0.15) is 11.2 Å². The Morgan fingerprint density at radius 2 is 2.16 bits per heavy atom. The van der Waals surface area contributed by atoms with Gasteiger partial charge >= 0.3 is 6.09 Å². The Labute approximate surface area is 125 Å². The summed E-state index contributed by atoms with van der Waals surface area (Å²) in [4.78, 5) is 14.4. The monoisotopic (exact) mass is 347 g/mol. The van der Waals surface area contributed by atoms with Crippen molar-refractivity contribution in [2.75, 3.05) is 13.1 Å². The van der Waals surface area contributed by atoms with Gasteiger partial charge in [-0.05, 0) is 48.8 Å². The molecule has 19 heavy (non-hydrogen) atoms. The molecule has 0 unspecified atom stereocenters. The Morgan fingerprint density at radius 1 is 1.53 bits per heavy atom. The molecule has 0 atom stereocenters. The van der Waals surface area contributed by atoms with Crippen LogP contribution in [0.5, 0.6) is 0 Å². The number of hydrogen-bond acceptors (Lipinski definition) is 4. The van der Waals surface area contributed by atoms with Crippen molar-refractivity contribution < 1.29 is 14.6 Å². The maximum atomic E-state index is 11.8. The number of rotatable bonds is 2. The van der Waals surface area contributed by atoms with Crippen LogP contribution >= 0.6 is 27.3 Å². The van der Waals surface area contributed by atoms with E-state index in [9.17, 15) is 9.90 Å². The molecule has 1 aliphatic rings. The fraction of sp³-hybridized carbons (Fsp3) is 0.615. The molecular weight excluding hydrogens is 330 g/mol. The summed E-state index contributed by atoms with van der Waals surface area (Å²) in [5.74, 6) is 0. The van der Waals surface area contributed by atoms with E-state index in [4.69, 9.17) is 4.74 Å². The molecule has 106 valence electrons. The predicted octanol–water partition coefficient (Wildman–Crippen LogP) is 3.03. The summed E-state index contributed by atoms with van der Waals surface area (Å²) >= 11 is 5.01. The number of likely N-dealkylation sites (tertiary alicyclic amines) is 1. The van der Waals surface area contributed by atoms with Gasteiger partial charge in [0.05, 0.1) is 16.9 Å². The van der Waals surface area contributed by atoms with Crippen LogP contribution in [0.1, 0.15) is 25.6 Å². The van der Waals surface area contributed by atoms with Crippen LogP contribution in [0.3, 0.4) is 0 Å². The molecule has 1 aliphatic heterocycles. The SMILES string of the molecule is CC(C)(C)OC(=O)N1CC(O)(Cc2ccc(Br)s2)C1. The topological polar surface area (TPSA) is 49.8 Å². The minimum atomic E-state index is -0.818. The summed E-state index contributed by atoms with van der Waals surface area (Å²) in [5.41, 5.74) is -1.31. The molecule has 4 nitrogen and oxygen atoms in total. The Balaban J connectivity index is 1.86. The lowest BCUT2D eigenvalue weighted by Crippen LogP contribution is -2.65. The van der Waals surface area contributed by atoms with Gasteiger partial charge in [0, 0.05) is 11.3 Å². The lowest BCUT2D eigenvalue weighted by molar-refractivity contribution is -0.0969. The van der Waals surface area contributed by atoms with Crippen molar-refractivity contribution in [3.8, 4) is 0 Å². The highest BCUT2D eigenvalue weighted by Crippen LogP contribution is 2.31. The number of halogens is 1. The molecule has 2 heterocycles. The lowest BCUT2D eigenvalue weighted by Gasteiger charge is -2.46.